The number of nitrogens with one attached hydrogen (secondary N) is 15. The number of aromatic amines is 1. The maximum absolute atomic E-state index is 14.6. The highest BCUT2D eigenvalue weighted by atomic mass is 16.4. The Hall–Kier alpha value is -9.67. The summed E-state index contributed by atoms with van der Waals surface area (Å²) in [6.07, 6.45) is -2.85. The molecule has 494 valence electrons. The van der Waals surface area contributed by atoms with E-state index < -0.39 is 181 Å². The van der Waals surface area contributed by atoms with Crippen LogP contribution in [-0.2, 0) is 68.7 Å². The number of carbonyl (C=O) groups is 13. The van der Waals surface area contributed by atoms with Crippen molar-refractivity contribution >= 4 is 99.7 Å². The monoisotopic (exact) mass is 1260 g/mol. The van der Waals surface area contributed by atoms with Crippen molar-refractivity contribution < 1.29 is 72.5 Å². The molecule has 2 bridgehead atoms. The molecular weight excluding hydrogens is 1180 g/mol. The van der Waals surface area contributed by atoms with E-state index >= 15 is 0 Å². The Balaban J connectivity index is 1.66. The first-order valence-electron chi connectivity index (χ1n) is 29.7. The molecule has 1 aromatic heterocycles. The number of carbonyl (C=O) groups excluding carboxylic acids is 12. The van der Waals surface area contributed by atoms with E-state index in [1.165, 1.54) is 6.92 Å². The first kappa shape index (κ1) is 71.1. The number of fused-ring (bicyclic) bond motifs is 10. The molecule has 90 heavy (non-hydrogen) atoms. The van der Waals surface area contributed by atoms with Crippen molar-refractivity contribution in [2.45, 2.75) is 170 Å². The van der Waals surface area contributed by atoms with Gasteiger partial charge < -0.3 is 107 Å². The van der Waals surface area contributed by atoms with Gasteiger partial charge in [0.1, 0.15) is 66.5 Å². The Bertz CT molecular complexity index is 2950. The number of carboxylic acid groups (broad SMARTS) is 1. The SMILES string of the molecule is C[C@@H]1NC(=O)[C@@H]2CCCC[C@H](NC(=O)CN)C(=O)N[C@@H](CCC[C@@H](C(N)=O)NC(=O)[C@H](CCCNC(=N)N)NC(=O)[C@H](Cc3cc4ccccc4[nH]3)NC1=O)C(=O)N[C@@H](CO)C(=O)N[C@@H](CC(=O)O)C(=O)N1CCCC1C(=O)N[C@@H](CCCNC(=N)N)C(=O)N2. The van der Waals surface area contributed by atoms with Gasteiger partial charge in [0.2, 0.25) is 70.9 Å². The molecule has 3 aliphatic heterocycles. The Kier molecular flexibility index (Phi) is 27.5. The van der Waals surface area contributed by atoms with Crippen molar-refractivity contribution in [3.63, 3.8) is 0 Å². The number of aliphatic carboxylic acids is 1. The quantitative estimate of drug-likeness (QED) is 0.0422. The summed E-state index contributed by atoms with van der Waals surface area (Å²) in [6, 6.07) is -8.65. The van der Waals surface area contributed by atoms with Crippen LogP contribution < -0.4 is 86.7 Å². The molecule has 3 fully saturated rings. The van der Waals surface area contributed by atoms with Gasteiger partial charge in [0, 0.05) is 37.3 Å². The lowest BCUT2D eigenvalue weighted by Crippen LogP contribution is -2.61. The van der Waals surface area contributed by atoms with Crippen LogP contribution in [0.2, 0.25) is 0 Å². The number of H-pyrrole nitrogens is 1. The normalized spacial score (nSPS) is 26.1. The lowest BCUT2D eigenvalue weighted by atomic mass is 10.0. The van der Waals surface area contributed by atoms with Gasteiger partial charge in [-0.05, 0) is 95.1 Å². The summed E-state index contributed by atoms with van der Waals surface area (Å²) in [6.45, 7) is -0.598. The third-order valence-electron chi connectivity index (χ3n) is 15.3. The highest BCUT2D eigenvalue weighted by Gasteiger charge is 2.42. The number of aliphatic hydroxyl groups excluding tert-OH is 1. The number of nitrogens with two attached hydrogens (primary N) is 4. The second-order valence-corrected chi connectivity index (χ2v) is 22.2. The van der Waals surface area contributed by atoms with Crippen molar-refractivity contribution in [3.8, 4) is 0 Å². The number of carboxylic acids is 1. The molecule has 0 spiro atoms. The first-order chi connectivity index (χ1) is 42.8. The van der Waals surface area contributed by atoms with E-state index in [2.05, 4.69) is 68.8 Å². The van der Waals surface area contributed by atoms with Crippen LogP contribution in [0.4, 0.5) is 0 Å². The molecule has 1 unspecified atom stereocenters. The van der Waals surface area contributed by atoms with E-state index in [0.29, 0.717) is 11.2 Å². The van der Waals surface area contributed by atoms with E-state index in [0.717, 1.165) is 10.3 Å². The fourth-order valence-corrected chi connectivity index (χ4v) is 10.5. The van der Waals surface area contributed by atoms with Crippen LogP contribution in [0.1, 0.15) is 103 Å². The lowest BCUT2D eigenvalue weighted by Gasteiger charge is -2.30. The molecule has 0 radical (unpaired) electrons. The Labute approximate surface area is 516 Å². The molecule has 3 saturated heterocycles. The van der Waals surface area contributed by atoms with Gasteiger partial charge in [-0.15, -0.1) is 0 Å². The third kappa shape index (κ3) is 21.9. The van der Waals surface area contributed by atoms with E-state index in [-0.39, 0.29) is 103 Å². The number of nitrogens with zero attached hydrogens (tertiary/aromatic N) is 1. The van der Waals surface area contributed by atoms with Crippen LogP contribution in [0.5, 0.6) is 0 Å². The van der Waals surface area contributed by atoms with E-state index in [1.54, 1.807) is 30.3 Å². The summed E-state index contributed by atoms with van der Waals surface area (Å²) in [4.78, 5) is 186. The molecule has 25 N–H and O–H groups in total. The van der Waals surface area contributed by atoms with E-state index in [1.807, 2.05) is 0 Å². The average Bonchev–Trinajstić information content (AvgIpc) is 1.72. The zero-order valence-corrected chi connectivity index (χ0v) is 49.8. The Morgan fingerprint density at radius 2 is 1.16 bits per heavy atom. The minimum absolute atomic E-state index is 0.0109. The molecule has 35 nitrogen and oxygen atoms in total. The van der Waals surface area contributed by atoms with Crippen LogP contribution in [-0.4, -0.2) is 208 Å². The van der Waals surface area contributed by atoms with Gasteiger partial charge >= 0.3 is 5.97 Å². The fourth-order valence-electron chi connectivity index (χ4n) is 10.5. The topological polar surface area (TPSA) is 578 Å². The van der Waals surface area contributed by atoms with Gasteiger partial charge in [0.15, 0.2) is 11.9 Å². The zero-order chi connectivity index (χ0) is 66.2. The number of aromatic nitrogens is 1. The molecule has 4 heterocycles. The summed E-state index contributed by atoms with van der Waals surface area (Å²) in [5.41, 5.74) is 23.6. The number of hydrogen-bond acceptors (Lipinski definition) is 17. The predicted octanol–water partition coefficient (Wildman–Crippen LogP) is -7.24. The van der Waals surface area contributed by atoms with Gasteiger partial charge in [-0.25, -0.2) is 0 Å². The number of amides is 12. The molecule has 0 aliphatic carbocycles. The summed E-state index contributed by atoms with van der Waals surface area (Å²) < 4.78 is 0. The van der Waals surface area contributed by atoms with Crippen molar-refractivity contribution in [1.82, 2.24) is 73.7 Å². The van der Waals surface area contributed by atoms with Crippen molar-refractivity contribution in [3.05, 3.63) is 36.0 Å². The van der Waals surface area contributed by atoms with Crippen LogP contribution in [0.15, 0.2) is 30.3 Å². The minimum atomic E-state index is -1.95. The molecule has 0 saturated carbocycles. The van der Waals surface area contributed by atoms with Crippen LogP contribution in [0.25, 0.3) is 10.9 Å². The molecule has 3 aliphatic rings. The van der Waals surface area contributed by atoms with E-state index in [4.69, 9.17) is 33.8 Å². The number of primary amides is 1. The second-order valence-electron chi connectivity index (χ2n) is 22.2. The molecule has 11 atom stereocenters. The van der Waals surface area contributed by atoms with Crippen molar-refractivity contribution in [2.24, 2.45) is 22.9 Å². The number of para-hydroxylation sites is 1. The fraction of sp³-hybridized carbons (Fsp3) is 0.582. The van der Waals surface area contributed by atoms with Crippen LogP contribution in [0, 0.1) is 10.8 Å². The number of guanidine groups is 2. The van der Waals surface area contributed by atoms with Gasteiger partial charge in [0.25, 0.3) is 0 Å². The predicted molar refractivity (Wildman–Crippen MR) is 320 cm³/mol. The van der Waals surface area contributed by atoms with Gasteiger partial charge in [0.05, 0.1) is 19.6 Å². The molecular formula is C55H84N20O15. The first-order valence-corrected chi connectivity index (χ1v) is 29.7. The maximum Gasteiger partial charge on any atom is 0.305 e. The summed E-state index contributed by atoms with van der Waals surface area (Å²) in [7, 11) is 0. The highest BCUT2D eigenvalue weighted by Crippen LogP contribution is 2.22. The standard InChI is InChI=1S/C55H84N20O15/c1-27-44(81)72-37(23-29-22-28-10-2-3-11-30(28)65-29)50(87)70-35(16-7-19-62-54(58)59)47(84)67-31(43(57)80)14-6-15-34-49(86)74-39(26-76)51(88)73-38(24-42(78)79)53(90)75-21-9-18-40(75)52(89)71-36(17-8-20-63-55(60)61)48(85)68-33(45(82)64-27)13-5-4-12-32(46(83)69-34)66-41(77)25-56/h2-3,10-11,22,27,31-40,65,76H,4-9,12-21,23-26,56H2,1H3,(H2,57,80)(H,64,82)(H,66,77)(H,67,84)(H,68,85)(H,69,83)(H,70,87)(H,71,89)(H,72,81)(H,73,88)(H,74,86)(H,78,79)(H4,58,59,62)(H4,60,61,63)/t27-,31-,32-,33-,34-,35-,36-,37-,38-,39-,40?/m0/s1. The number of hydrogen-bond donors (Lipinski definition) is 21. The van der Waals surface area contributed by atoms with Gasteiger partial charge in [-0.2, -0.15) is 0 Å². The summed E-state index contributed by atoms with van der Waals surface area (Å²) >= 11 is 0. The third-order valence-corrected chi connectivity index (χ3v) is 15.3. The van der Waals surface area contributed by atoms with Crippen molar-refractivity contribution in [2.75, 3.05) is 32.8 Å². The minimum Gasteiger partial charge on any atom is -0.481 e. The van der Waals surface area contributed by atoms with E-state index in [9.17, 15) is 72.5 Å². The van der Waals surface area contributed by atoms with Gasteiger partial charge in [-0.3, -0.25) is 73.1 Å². The Morgan fingerprint density at radius 1 is 0.611 bits per heavy atom. The lowest BCUT2D eigenvalue weighted by molar-refractivity contribution is -0.146. The van der Waals surface area contributed by atoms with Gasteiger partial charge in [-0.1, -0.05) is 31.0 Å². The average molecular weight is 1270 g/mol. The zero-order valence-electron chi connectivity index (χ0n) is 49.8. The van der Waals surface area contributed by atoms with Crippen LogP contribution >= 0.6 is 0 Å². The number of aliphatic hydroxyl groups is 1. The molecule has 5 rings (SSSR count). The number of benzene rings is 1. The summed E-state index contributed by atoms with van der Waals surface area (Å²) in [5, 5.41) is 66.8. The van der Waals surface area contributed by atoms with Crippen molar-refractivity contribution in [1.29, 1.82) is 10.8 Å². The highest BCUT2D eigenvalue weighted by molar-refractivity contribution is 6.00. The maximum atomic E-state index is 14.6. The molecule has 12 amide bonds. The smallest absolute Gasteiger partial charge is 0.305 e. The molecule has 2 aromatic rings. The molecule has 35 heteroatoms. The second kappa shape index (κ2) is 34.8. The Morgan fingerprint density at radius 3 is 1.77 bits per heavy atom. The largest absolute Gasteiger partial charge is 0.481 e. The molecule has 1 aromatic carbocycles. The van der Waals surface area contributed by atoms with Crippen LogP contribution in [0.3, 0.4) is 0 Å². The summed E-state index contributed by atoms with van der Waals surface area (Å²) in [5.74, 6) is -14.5. The number of rotatable bonds is 16.